The van der Waals surface area contributed by atoms with Gasteiger partial charge in [0.2, 0.25) is 5.91 Å². The highest BCUT2D eigenvalue weighted by Crippen LogP contribution is 2.11. The molecule has 6 heteroatoms. The monoisotopic (exact) mass is 288 g/mol. The number of thioether (sulfide) groups is 1. The third-order valence-electron chi connectivity index (χ3n) is 3.24. The van der Waals surface area contributed by atoms with E-state index in [0.29, 0.717) is 0 Å². The summed E-state index contributed by atoms with van der Waals surface area (Å²) in [6.45, 7) is 5.45. The quantitative estimate of drug-likeness (QED) is 0.702. The van der Waals surface area contributed by atoms with Crippen molar-refractivity contribution in [2.75, 3.05) is 31.1 Å². The van der Waals surface area contributed by atoms with Gasteiger partial charge in [-0.3, -0.25) is 9.59 Å². The van der Waals surface area contributed by atoms with Gasteiger partial charge in [0.15, 0.2) is 0 Å². The first-order valence-electron chi connectivity index (χ1n) is 6.93. The average Bonchev–Trinajstić information content (AvgIpc) is 2.37. The number of carboxylic acids is 1. The van der Waals surface area contributed by atoms with E-state index in [4.69, 9.17) is 5.11 Å². The Labute approximate surface area is 119 Å². The molecule has 1 amide bonds. The van der Waals surface area contributed by atoms with E-state index in [1.54, 1.807) is 0 Å². The van der Waals surface area contributed by atoms with Gasteiger partial charge < -0.3 is 15.3 Å². The van der Waals surface area contributed by atoms with Crippen molar-refractivity contribution in [3.8, 4) is 0 Å². The third kappa shape index (κ3) is 7.42. The fourth-order valence-corrected chi connectivity index (χ4v) is 2.73. The van der Waals surface area contributed by atoms with Crippen molar-refractivity contribution in [3.63, 3.8) is 0 Å². The minimum absolute atomic E-state index is 0.0110. The van der Waals surface area contributed by atoms with Crippen LogP contribution in [0.15, 0.2) is 0 Å². The Morgan fingerprint density at radius 1 is 1.32 bits per heavy atom. The van der Waals surface area contributed by atoms with Crippen LogP contribution in [0.4, 0.5) is 0 Å². The highest BCUT2D eigenvalue weighted by atomic mass is 32.2. The Morgan fingerprint density at radius 2 is 2.00 bits per heavy atom. The maximum absolute atomic E-state index is 11.6. The lowest BCUT2D eigenvalue weighted by Gasteiger charge is -2.32. The van der Waals surface area contributed by atoms with E-state index in [0.717, 1.165) is 44.2 Å². The van der Waals surface area contributed by atoms with Crippen molar-refractivity contribution in [1.29, 1.82) is 0 Å². The van der Waals surface area contributed by atoms with Crippen molar-refractivity contribution in [3.05, 3.63) is 0 Å². The summed E-state index contributed by atoms with van der Waals surface area (Å²) >= 11 is 1.15. The smallest absolute Gasteiger partial charge is 0.313 e. The molecule has 0 aromatic heterocycles. The molecule has 5 nitrogen and oxygen atoms in total. The Hall–Kier alpha value is -0.750. The van der Waals surface area contributed by atoms with Crippen LogP contribution in [-0.2, 0) is 9.59 Å². The molecule has 1 aliphatic heterocycles. The number of hydrogen-bond donors (Lipinski definition) is 2. The molecule has 0 aromatic rings. The minimum Gasteiger partial charge on any atom is -0.481 e. The van der Waals surface area contributed by atoms with Crippen molar-refractivity contribution < 1.29 is 14.7 Å². The van der Waals surface area contributed by atoms with E-state index < -0.39 is 5.97 Å². The van der Waals surface area contributed by atoms with E-state index in [1.807, 2.05) is 0 Å². The number of carboxylic acid groups (broad SMARTS) is 1. The summed E-state index contributed by atoms with van der Waals surface area (Å²) in [7, 11) is 0. The predicted molar refractivity (Wildman–Crippen MR) is 77.5 cm³/mol. The van der Waals surface area contributed by atoms with E-state index in [9.17, 15) is 9.59 Å². The van der Waals surface area contributed by atoms with Gasteiger partial charge in [-0.05, 0) is 25.8 Å². The van der Waals surface area contributed by atoms with Crippen molar-refractivity contribution in [2.45, 2.75) is 38.6 Å². The molecular formula is C13H24N2O3S. The maximum Gasteiger partial charge on any atom is 0.313 e. The SMILES string of the molecule is CCCCN1CCC(NC(=O)CSCC(=O)O)CC1. The summed E-state index contributed by atoms with van der Waals surface area (Å²) in [6.07, 6.45) is 4.46. The number of unbranched alkanes of at least 4 members (excludes halogenated alkanes) is 1. The van der Waals surface area contributed by atoms with Gasteiger partial charge in [-0.25, -0.2) is 0 Å². The fourth-order valence-electron chi connectivity index (χ4n) is 2.18. The number of aliphatic carboxylic acids is 1. The lowest BCUT2D eigenvalue weighted by molar-refractivity contribution is -0.133. The van der Waals surface area contributed by atoms with Crippen LogP contribution in [0.1, 0.15) is 32.6 Å². The van der Waals surface area contributed by atoms with Gasteiger partial charge in [0.05, 0.1) is 11.5 Å². The number of nitrogens with one attached hydrogen (secondary N) is 1. The molecule has 0 unspecified atom stereocenters. The van der Waals surface area contributed by atoms with E-state index in [1.165, 1.54) is 12.8 Å². The molecule has 0 radical (unpaired) electrons. The molecule has 0 atom stereocenters. The van der Waals surface area contributed by atoms with Gasteiger partial charge in [0.1, 0.15) is 0 Å². The molecule has 0 spiro atoms. The molecule has 0 aromatic carbocycles. The Balaban J connectivity index is 2.11. The molecular weight excluding hydrogens is 264 g/mol. The van der Waals surface area contributed by atoms with Gasteiger partial charge in [-0.1, -0.05) is 13.3 Å². The van der Waals surface area contributed by atoms with Crippen LogP contribution in [0.3, 0.4) is 0 Å². The van der Waals surface area contributed by atoms with Crippen LogP contribution in [-0.4, -0.2) is 59.1 Å². The number of carbonyl (C=O) groups is 2. The molecule has 110 valence electrons. The number of nitrogens with zero attached hydrogens (tertiary/aromatic N) is 1. The highest BCUT2D eigenvalue weighted by molar-refractivity contribution is 8.00. The van der Waals surface area contributed by atoms with Crippen molar-refractivity contribution >= 4 is 23.6 Å². The summed E-state index contributed by atoms with van der Waals surface area (Å²) < 4.78 is 0. The van der Waals surface area contributed by atoms with E-state index in [2.05, 4.69) is 17.1 Å². The van der Waals surface area contributed by atoms with E-state index in [-0.39, 0.29) is 23.5 Å². The Morgan fingerprint density at radius 3 is 2.58 bits per heavy atom. The zero-order chi connectivity index (χ0) is 14.1. The van der Waals surface area contributed by atoms with Crippen molar-refractivity contribution in [1.82, 2.24) is 10.2 Å². The molecule has 2 N–H and O–H groups in total. The van der Waals surface area contributed by atoms with Crippen LogP contribution in [0.5, 0.6) is 0 Å². The van der Waals surface area contributed by atoms with Gasteiger partial charge >= 0.3 is 5.97 Å². The standard InChI is InChI=1S/C13H24N2O3S/c1-2-3-6-15-7-4-11(5-8-15)14-12(16)9-19-10-13(17)18/h11H,2-10H2,1H3,(H,14,16)(H,17,18). The van der Waals surface area contributed by atoms with Gasteiger partial charge in [0, 0.05) is 19.1 Å². The third-order valence-corrected chi connectivity index (χ3v) is 4.16. The number of rotatable bonds is 8. The predicted octanol–water partition coefficient (Wildman–Crippen LogP) is 1.18. The highest BCUT2D eigenvalue weighted by Gasteiger charge is 2.20. The molecule has 1 aliphatic rings. The van der Waals surface area contributed by atoms with Gasteiger partial charge in [0.25, 0.3) is 0 Å². The average molecular weight is 288 g/mol. The molecule has 0 bridgehead atoms. The molecule has 1 saturated heterocycles. The molecule has 19 heavy (non-hydrogen) atoms. The summed E-state index contributed by atoms with van der Waals surface area (Å²) in [5, 5.41) is 11.5. The van der Waals surface area contributed by atoms with Gasteiger partial charge in [-0.15, -0.1) is 11.8 Å². The molecule has 1 rings (SSSR count). The summed E-state index contributed by atoms with van der Waals surface area (Å²) in [4.78, 5) is 24.4. The molecule has 0 aliphatic carbocycles. The number of amides is 1. The lowest BCUT2D eigenvalue weighted by Crippen LogP contribution is -2.45. The van der Waals surface area contributed by atoms with Gasteiger partial charge in [-0.2, -0.15) is 0 Å². The first kappa shape index (κ1) is 16.3. The van der Waals surface area contributed by atoms with Crippen molar-refractivity contribution in [2.24, 2.45) is 0 Å². The van der Waals surface area contributed by atoms with Crippen LogP contribution >= 0.6 is 11.8 Å². The Kier molecular flexibility index (Phi) is 7.90. The lowest BCUT2D eigenvalue weighted by atomic mass is 10.0. The second-order valence-corrected chi connectivity index (χ2v) is 5.91. The summed E-state index contributed by atoms with van der Waals surface area (Å²) in [6, 6.07) is 0.260. The second kappa shape index (κ2) is 9.20. The Bertz CT molecular complexity index is 292. The molecule has 1 fully saturated rings. The van der Waals surface area contributed by atoms with Crippen LogP contribution in [0, 0.1) is 0 Å². The number of carbonyl (C=O) groups excluding carboxylic acids is 1. The first-order valence-corrected chi connectivity index (χ1v) is 8.08. The number of hydrogen-bond acceptors (Lipinski definition) is 4. The zero-order valence-electron chi connectivity index (χ0n) is 11.6. The number of piperidine rings is 1. The van der Waals surface area contributed by atoms with Crippen LogP contribution < -0.4 is 5.32 Å². The summed E-state index contributed by atoms with van der Waals surface area (Å²) in [5.74, 6) is -0.689. The normalized spacial score (nSPS) is 17.3. The first-order chi connectivity index (χ1) is 9.11. The van der Waals surface area contributed by atoms with Crippen LogP contribution in [0.25, 0.3) is 0 Å². The van der Waals surface area contributed by atoms with E-state index >= 15 is 0 Å². The maximum atomic E-state index is 11.6. The fraction of sp³-hybridized carbons (Fsp3) is 0.846. The largest absolute Gasteiger partial charge is 0.481 e. The zero-order valence-corrected chi connectivity index (χ0v) is 12.4. The number of likely N-dealkylation sites (tertiary alicyclic amines) is 1. The minimum atomic E-state index is -0.873. The summed E-state index contributed by atoms with van der Waals surface area (Å²) in [5.41, 5.74) is 0. The molecule has 1 heterocycles. The second-order valence-electron chi connectivity index (χ2n) is 4.92. The topological polar surface area (TPSA) is 69.6 Å². The van der Waals surface area contributed by atoms with Crippen LogP contribution in [0.2, 0.25) is 0 Å². The molecule has 0 saturated carbocycles.